The van der Waals surface area contributed by atoms with Crippen molar-refractivity contribution < 1.29 is 4.39 Å². The summed E-state index contributed by atoms with van der Waals surface area (Å²) in [6.45, 7) is 0. The van der Waals surface area contributed by atoms with Gasteiger partial charge in [-0.25, -0.2) is 4.39 Å². The van der Waals surface area contributed by atoms with Crippen LogP contribution in [0.3, 0.4) is 0 Å². The van der Waals surface area contributed by atoms with Crippen LogP contribution in [0.5, 0.6) is 0 Å². The van der Waals surface area contributed by atoms with Crippen LogP contribution >= 0.6 is 38.5 Å². The predicted molar refractivity (Wildman–Crippen MR) is 66.0 cm³/mol. The summed E-state index contributed by atoms with van der Waals surface area (Å²) in [6, 6.07) is 6.66. The minimum atomic E-state index is -0.389. The van der Waals surface area contributed by atoms with Crippen molar-refractivity contribution in [2.45, 2.75) is 0 Å². The fourth-order valence-corrected chi connectivity index (χ4v) is 2.18. The highest BCUT2D eigenvalue weighted by atomic mass is 127. The molecule has 0 amide bonds. The Morgan fingerprint density at radius 3 is 2.53 bits per heavy atom. The fraction of sp³-hybridized carbons (Fsp3) is 0. The molecular formula is C10H3BrFIN2. The number of nitriles is 2. The van der Waals surface area contributed by atoms with E-state index < -0.39 is 0 Å². The van der Waals surface area contributed by atoms with Gasteiger partial charge in [-0.05, 0) is 56.2 Å². The van der Waals surface area contributed by atoms with Crippen LogP contribution in [0, 0.1) is 32.0 Å². The van der Waals surface area contributed by atoms with Crippen molar-refractivity contribution in [3.05, 3.63) is 37.1 Å². The van der Waals surface area contributed by atoms with Crippen molar-refractivity contribution in [1.82, 2.24) is 0 Å². The number of rotatable bonds is 1. The van der Waals surface area contributed by atoms with Crippen LogP contribution in [-0.2, 0) is 0 Å². The molecule has 0 N–H and O–H groups in total. The van der Waals surface area contributed by atoms with Crippen LogP contribution in [0.25, 0.3) is 6.08 Å². The first-order valence-corrected chi connectivity index (χ1v) is 5.62. The lowest BCUT2D eigenvalue weighted by Gasteiger charge is -2.01. The van der Waals surface area contributed by atoms with Crippen molar-refractivity contribution in [1.29, 1.82) is 10.5 Å². The lowest BCUT2D eigenvalue weighted by atomic mass is 10.1. The van der Waals surface area contributed by atoms with Gasteiger partial charge >= 0.3 is 0 Å². The lowest BCUT2D eigenvalue weighted by molar-refractivity contribution is 0.613. The molecule has 0 aliphatic heterocycles. The second kappa shape index (κ2) is 5.24. The summed E-state index contributed by atoms with van der Waals surface area (Å²) in [4.78, 5) is 0. The summed E-state index contributed by atoms with van der Waals surface area (Å²) < 4.78 is 14.1. The van der Waals surface area contributed by atoms with Gasteiger partial charge in [-0.15, -0.1) is 0 Å². The summed E-state index contributed by atoms with van der Waals surface area (Å²) in [7, 11) is 0. The predicted octanol–water partition coefficient (Wildman–Crippen LogP) is 3.62. The Labute approximate surface area is 108 Å². The lowest BCUT2D eigenvalue weighted by Crippen LogP contribution is -1.87. The van der Waals surface area contributed by atoms with Gasteiger partial charge in [0.1, 0.15) is 17.7 Å². The topological polar surface area (TPSA) is 47.6 Å². The smallest absolute Gasteiger partial charge is 0.151 e. The van der Waals surface area contributed by atoms with E-state index in [4.69, 9.17) is 10.5 Å². The third kappa shape index (κ3) is 2.77. The number of nitrogens with zero attached hydrogens (tertiary/aromatic N) is 2. The zero-order valence-corrected chi connectivity index (χ0v) is 11.0. The molecule has 0 bridgehead atoms. The Bertz CT molecular complexity index is 495. The van der Waals surface area contributed by atoms with E-state index in [2.05, 4.69) is 15.9 Å². The summed E-state index contributed by atoms with van der Waals surface area (Å²) in [5.74, 6) is -0.389. The summed E-state index contributed by atoms with van der Waals surface area (Å²) in [5, 5.41) is 17.1. The van der Waals surface area contributed by atoms with E-state index in [9.17, 15) is 4.39 Å². The molecule has 0 fully saturated rings. The average Bonchev–Trinajstić information content (AvgIpc) is 2.25. The maximum Gasteiger partial charge on any atom is 0.151 e. The van der Waals surface area contributed by atoms with Crippen molar-refractivity contribution >= 4 is 44.6 Å². The first kappa shape index (κ1) is 12.2. The molecule has 0 aliphatic rings. The molecule has 1 aromatic rings. The molecule has 0 saturated heterocycles. The molecule has 5 heteroatoms. The van der Waals surface area contributed by atoms with Crippen LogP contribution in [-0.4, -0.2) is 0 Å². The molecule has 1 aromatic carbocycles. The van der Waals surface area contributed by atoms with Crippen molar-refractivity contribution in [3.63, 3.8) is 0 Å². The van der Waals surface area contributed by atoms with E-state index in [1.807, 2.05) is 22.6 Å². The fourth-order valence-electron chi connectivity index (χ4n) is 0.897. The largest absolute Gasteiger partial charge is 0.205 e. The van der Waals surface area contributed by atoms with Gasteiger partial charge in [0.15, 0.2) is 5.82 Å². The Balaban J connectivity index is 3.32. The van der Waals surface area contributed by atoms with E-state index >= 15 is 0 Å². The van der Waals surface area contributed by atoms with Crippen LogP contribution in [0.1, 0.15) is 5.56 Å². The average molecular weight is 377 g/mol. The first-order valence-electron chi connectivity index (χ1n) is 3.75. The van der Waals surface area contributed by atoms with Gasteiger partial charge in [0, 0.05) is 3.57 Å². The van der Waals surface area contributed by atoms with Gasteiger partial charge in [0.05, 0.1) is 4.47 Å². The molecule has 0 spiro atoms. The molecule has 0 unspecified atom stereocenters. The molecule has 0 atom stereocenters. The van der Waals surface area contributed by atoms with Gasteiger partial charge in [-0.2, -0.15) is 10.5 Å². The number of benzene rings is 1. The van der Waals surface area contributed by atoms with Crippen LogP contribution in [0.15, 0.2) is 22.2 Å². The highest BCUT2D eigenvalue weighted by Gasteiger charge is 2.08. The summed E-state index contributed by atoms with van der Waals surface area (Å²) >= 11 is 4.94. The van der Waals surface area contributed by atoms with E-state index in [1.54, 1.807) is 24.3 Å². The quantitative estimate of drug-likeness (QED) is 0.427. The van der Waals surface area contributed by atoms with Crippen LogP contribution < -0.4 is 0 Å². The molecule has 15 heavy (non-hydrogen) atoms. The van der Waals surface area contributed by atoms with Crippen LogP contribution in [0.4, 0.5) is 4.39 Å². The van der Waals surface area contributed by atoms with Crippen LogP contribution in [0.2, 0.25) is 0 Å². The Morgan fingerprint density at radius 1 is 1.40 bits per heavy atom. The number of hydrogen-bond donors (Lipinski definition) is 0. The highest BCUT2D eigenvalue weighted by Crippen LogP contribution is 2.26. The zero-order chi connectivity index (χ0) is 11.4. The minimum absolute atomic E-state index is 0.0590. The molecule has 0 aromatic heterocycles. The third-order valence-electron chi connectivity index (χ3n) is 1.61. The molecule has 0 heterocycles. The van der Waals surface area contributed by atoms with E-state index in [1.165, 1.54) is 6.08 Å². The number of halogens is 3. The summed E-state index contributed by atoms with van der Waals surface area (Å²) in [6.07, 6.45) is 1.34. The van der Waals surface area contributed by atoms with E-state index in [-0.39, 0.29) is 15.9 Å². The standard InChI is InChI=1S/C10H3BrFIN2/c11-9-7(3-6(4-14)5-15)1-2-8(13)10(9)12/h1-3H. The molecule has 0 radical (unpaired) electrons. The molecule has 1 rings (SSSR count). The van der Waals surface area contributed by atoms with Gasteiger partial charge in [-0.1, -0.05) is 6.07 Å². The van der Waals surface area contributed by atoms with Crippen molar-refractivity contribution in [2.75, 3.05) is 0 Å². The second-order valence-corrected chi connectivity index (χ2v) is 4.50. The Kier molecular flexibility index (Phi) is 4.25. The normalized spacial score (nSPS) is 8.87. The maximum absolute atomic E-state index is 13.4. The molecular weight excluding hydrogens is 374 g/mol. The van der Waals surface area contributed by atoms with E-state index in [0.717, 1.165) is 0 Å². The third-order valence-corrected chi connectivity index (χ3v) is 3.24. The number of allylic oxidation sites excluding steroid dienone is 1. The molecule has 0 saturated carbocycles. The second-order valence-electron chi connectivity index (χ2n) is 2.55. The van der Waals surface area contributed by atoms with Gasteiger partial charge in [-0.3, -0.25) is 0 Å². The number of hydrogen-bond acceptors (Lipinski definition) is 2. The Hall–Kier alpha value is -0.920. The van der Waals surface area contributed by atoms with Gasteiger partial charge < -0.3 is 0 Å². The monoisotopic (exact) mass is 376 g/mol. The van der Waals surface area contributed by atoms with Gasteiger partial charge in [0.2, 0.25) is 0 Å². The molecule has 74 valence electrons. The first-order chi connectivity index (χ1) is 7.10. The minimum Gasteiger partial charge on any atom is -0.205 e. The molecule has 0 aliphatic carbocycles. The SMILES string of the molecule is N#CC(C#N)=Cc1ccc(I)c(F)c1Br. The van der Waals surface area contributed by atoms with Crippen molar-refractivity contribution in [2.24, 2.45) is 0 Å². The molecule has 2 nitrogen and oxygen atoms in total. The highest BCUT2D eigenvalue weighted by molar-refractivity contribution is 14.1. The van der Waals surface area contributed by atoms with E-state index in [0.29, 0.717) is 9.13 Å². The van der Waals surface area contributed by atoms with Gasteiger partial charge in [0.25, 0.3) is 0 Å². The maximum atomic E-state index is 13.4. The summed E-state index contributed by atoms with van der Waals surface area (Å²) in [5.41, 5.74) is 0.419. The Morgan fingerprint density at radius 2 is 2.00 bits per heavy atom. The van der Waals surface area contributed by atoms with Crippen molar-refractivity contribution in [3.8, 4) is 12.1 Å². The zero-order valence-electron chi connectivity index (χ0n) is 7.26.